The van der Waals surface area contributed by atoms with E-state index in [1.54, 1.807) is 6.07 Å². The number of hydrogen-bond acceptors (Lipinski definition) is 0. The summed E-state index contributed by atoms with van der Waals surface area (Å²) < 4.78 is 38.0. The van der Waals surface area contributed by atoms with Gasteiger partial charge in [-0.1, -0.05) is 49.7 Å². The van der Waals surface area contributed by atoms with Crippen LogP contribution in [0.1, 0.15) is 31.9 Å². The normalized spacial score (nSPS) is 13.8. The summed E-state index contributed by atoms with van der Waals surface area (Å²) in [6.07, 6.45) is -4.27. The van der Waals surface area contributed by atoms with E-state index in [2.05, 4.69) is 0 Å². The molecule has 0 amide bonds. The SMILES string of the molecule is BC(B)(c1cccc(C(F)(F)F)c1)C(C)(C)C. The fraction of sp³-hybridized carbons (Fsp3) is 0.500. The predicted molar refractivity (Wildman–Crippen MR) is 69.7 cm³/mol. The molecule has 0 fully saturated rings. The maximum Gasteiger partial charge on any atom is 0.416 e. The third kappa shape index (κ3) is 2.88. The molecule has 1 aromatic rings. The van der Waals surface area contributed by atoms with Gasteiger partial charge in [-0.05, 0) is 11.5 Å². The summed E-state index contributed by atoms with van der Waals surface area (Å²) in [5.41, 5.74) is 0.0455. The van der Waals surface area contributed by atoms with Crippen molar-refractivity contribution in [2.75, 3.05) is 0 Å². The van der Waals surface area contributed by atoms with Crippen molar-refractivity contribution in [2.24, 2.45) is 5.41 Å². The highest BCUT2D eigenvalue weighted by Crippen LogP contribution is 2.38. The second kappa shape index (κ2) is 4.11. The van der Waals surface area contributed by atoms with E-state index >= 15 is 0 Å². The molecular formula is C12H17B2F3. The largest absolute Gasteiger partial charge is 0.416 e. The zero-order valence-corrected chi connectivity index (χ0v) is 10.9. The van der Waals surface area contributed by atoms with Gasteiger partial charge in [0.25, 0.3) is 0 Å². The van der Waals surface area contributed by atoms with Crippen molar-refractivity contribution < 1.29 is 13.2 Å². The topological polar surface area (TPSA) is 0 Å². The minimum absolute atomic E-state index is 0.1000. The molecule has 0 bridgehead atoms. The predicted octanol–water partition coefficient (Wildman–Crippen LogP) is 2.17. The third-order valence-electron chi connectivity index (χ3n) is 3.79. The first-order valence-electron chi connectivity index (χ1n) is 5.64. The maximum absolute atomic E-state index is 12.7. The monoisotopic (exact) mass is 240 g/mol. The summed E-state index contributed by atoms with van der Waals surface area (Å²) in [4.78, 5) is 0. The van der Waals surface area contributed by atoms with Crippen molar-refractivity contribution in [1.82, 2.24) is 0 Å². The standard InChI is InChI=1S/C12H17B2F3/c1-10(2,3)11(13,14)8-5-4-6-9(7-8)12(15,16)17/h4-7H,13-14H2,1-3H3. The number of hydrogen-bond donors (Lipinski definition) is 0. The van der Waals surface area contributed by atoms with Gasteiger partial charge in [-0.25, -0.2) is 0 Å². The molecular weight excluding hydrogens is 223 g/mol. The minimum atomic E-state index is -4.27. The lowest BCUT2D eigenvalue weighted by atomic mass is 9.41. The van der Waals surface area contributed by atoms with Crippen LogP contribution in [0.4, 0.5) is 13.2 Å². The lowest BCUT2D eigenvalue weighted by Gasteiger charge is -2.40. The van der Waals surface area contributed by atoms with Crippen molar-refractivity contribution >= 4 is 15.7 Å². The molecule has 0 atom stereocenters. The molecule has 0 nitrogen and oxygen atoms in total. The smallest absolute Gasteiger partial charge is 0.166 e. The average Bonchev–Trinajstić information content (AvgIpc) is 2.15. The Hall–Kier alpha value is -0.860. The van der Waals surface area contributed by atoms with E-state index in [-0.39, 0.29) is 10.6 Å². The average molecular weight is 240 g/mol. The van der Waals surface area contributed by atoms with E-state index < -0.39 is 11.7 Å². The first-order valence-corrected chi connectivity index (χ1v) is 5.64. The van der Waals surface area contributed by atoms with E-state index in [1.807, 2.05) is 36.5 Å². The molecule has 0 saturated heterocycles. The Morgan fingerprint density at radius 3 is 1.82 bits per heavy atom. The van der Waals surface area contributed by atoms with E-state index in [4.69, 9.17) is 0 Å². The first kappa shape index (κ1) is 14.2. The molecule has 1 aromatic carbocycles. The van der Waals surface area contributed by atoms with Gasteiger partial charge in [0.2, 0.25) is 0 Å². The van der Waals surface area contributed by atoms with Crippen LogP contribution < -0.4 is 0 Å². The van der Waals surface area contributed by atoms with E-state index in [1.165, 1.54) is 12.1 Å². The Balaban J connectivity index is 3.26. The summed E-state index contributed by atoms with van der Waals surface area (Å²) in [6.45, 7) is 6.10. The third-order valence-corrected chi connectivity index (χ3v) is 3.79. The van der Waals surface area contributed by atoms with Crippen molar-refractivity contribution in [3.63, 3.8) is 0 Å². The lowest BCUT2D eigenvalue weighted by Crippen LogP contribution is -2.41. The summed E-state index contributed by atoms with van der Waals surface area (Å²) in [6, 6.07) is 5.61. The van der Waals surface area contributed by atoms with Gasteiger partial charge < -0.3 is 0 Å². The highest BCUT2D eigenvalue weighted by atomic mass is 19.4. The fourth-order valence-corrected chi connectivity index (χ4v) is 1.52. The quantitative estimate of drug-likeness (QED) is 0.660. The number of benzene rings is 1. The number of halogens is 3. The van der Waals surface area contributed by atoms with Crippen molar-refractivity contribution in [1.29, 1.82) is 0 Å². The molecule has 0 aliphatic carbocycles. The van der Waals surface area contributed by atoms with Crippen LogP contribution in [0.3, 0.4) is 0 Å². The van der Waals surface area contributed by atoms with Gasteiger partial charge in [0.05, 0.1) is 5.56 Å². The zero-order chi connectivity index (χ0) is 13.5. The molecule has 92 valence electrons. The summed E-state index contributed by atoms with van der Waals surface area (Å²) in [5.74, 6) is 0. The van der Waals surface area contributed by atoms with E-state index in [0.29, 0.717) is 0 Å². The van der Waals surface area contributed by atoms with Gasteiger partial charge in [0.1, 0.15) is 15.7 Å². The van der Waals surface area contributed by atoms with Crippen LogP contribution in [0.25, 0.3) is 0 Å². The molecule has 0 aliphatic heterocycles. The van der Waals surface area contributed by atoms with Gasteiger partial charge in [-0.15, -0.1) is 0 Å². The van der Waals surface area contributed by atoms with Crippen LogP contribution in [-0.2, 0) is 11.4 Å². The number of alkyl halides is 3. The second-order valence-electron chi connectivity index (χ2n) is 5.95. The maximum atomic E-state index is 12.7. The van der Waals surface area contributed by atoms with Gasteiger partial charge in [-0.2, -0.15) is 13.2 Å². The van der Waals surface area contributed by atoms with Crippen LogP contribution in [0.5, 0.6) is 0 Å². The number of rotatable bonds is 1. The highest BCUT2D eigenvalue weighted by molar-refractivity contribution is 6.40. The van der Waals surface area contributed by atoms with Crippen molar-refractivity contribution in [3.05, 3.63) is 35.4 Å². The molecule has 0 N–H and O–H groups in total. The van der Waals surface area contributed by atoms with E-state index in [0.717, 1.165) is 11.6 Å². The molecule has 0 spiro atoms. The molecule has 0 radical (unpaired) electrons. The van der Waals surface area contributed by atoms with Crippen LogP contribution in [0.2, 0.25) is 0 Å². The van der Waals surface area contributed by atoms with Crippen molar-refractivity contribution in [3.8, 4) is 0 Å². The molecule has 0 aliphatic rings. The van der Waals surface area contributed by atoms with Gasteiger partial charge in [-0.3, -0.25) is 0 Å². The lowest BCUT2D eigenvalue weighted by molar-refractivity contribution is -0.137. The fourth-order valence-electron chi connectivity index (χ4n) is 1.52. The van der Waals surface area contributed by atoms with Gasteiger partial charge in [0.15, 0.2) is 0 Å². The Morgan fingerprint density at radius 1 is 0.941 bits per heavy atom. The summed E-state index contributed by atoms with van der Waals surface area (Å²) >= 11 is 0. The van der Waals surface area contributed by atoms with Crippen LogP contribution in [0.15, 0.2) is 24.3 Å². The molecule has 5 heteroatoms. The van der Waals surface area contributed by atoms with Crippen LogP contribution in [-0.4, -0.2) is 15.7 Å². The van der Waals surface area contributed by atoms with Crippen molar-refractivity contribution in [2.45, 2.75) is 32.2 Å². The highest BCUT2D eigenvalue weighted by Gasteiger charge is 2.36. The van der Waals surface area contributed by atoms with Crippen LogP contribution in [0, 0.1) is 5.41 Å². The molecule has 0 aromatic heterocycles. The molecule has 0 unspecified atom stereocenters. The molecule has 1 rings (SSSR count). The second-order valence-corrected chi connectivity index (χ2v) is 5.95. The Labute approximate surface area is 102 Å². The molecule has 17 heavy (non-hydrogen) atoms. The van der Waals surface area contributed by atoms with Gasteiger partial charge in [0, 0.05) is 0 Å². The van der Waals surface area contributed by atoms with Crippen LogP contribution >= 0.6 is 0 Å². The van der Waals surface area contributed by atoms with Gasteiger partial charge >= 0.3 is 6.18 Å². The Bertz CT molecular complexity index is 403. The minimum Gasteiger partial charge on any atom is -0.166 e. The molecule has 0 saturated carbocycles. The van der Waals surface area contributed by atoms with E-state index in [9.17, 15) is 13.2 Å². The summed E-state index contributed by atoms with van der Waals surface area (Å²) in [5, 5.41) is -0.311. The Kier molecular flexibility index (Phi) is 3.43. The Morgan fingerprint density at radius 2 is 1.41 bits per heavy atom. The zero-order valence-electron chi connectivity index (χ0n) is 10.9. The summed E-state index contributed by atoms with van der Waals surface area (Å²) in [7, 11) is 3.95. The molecule has 0 heterocycles. The first-order chi connectivity index (χ1) is 7.46.